The smallest absolute Gasteiger partial charge is 0.129 e. The predicted molar refractivity (Wildman–Crippen MR) is 97.8 cm³/mol. The van der Waals surface area contributed by atoms with Gasteiger partial charge in [0, 0.05) is 31.5 Å². The molecule has 1 unspecified atom stereocenters. The van der Waals surface area contributed by atoms with Gasteiger partial charge in [0.1, 0.15) is 17.4 Å². The second kappa shape index (κ2) is 8.60. The van der Waals surface area contributed by atoms with Crippen molar-refractivity contribution in [1.82, 2.24) is 5.32 Å². The van der Waals surface area contributed by atoms with Crippen molar-refractivity contribution < 1.29 is 18.3 Å². The Morgan fingerprint density at radius 2 is 1.96 bits per heavy atom. The number of hydrogen-bond donors (Lipinski definition) is 1. The maximum atomic E-state index is 14.1. The lowest BCUT2D eigenvalue weighted by Gasteiger charge is -2.24. The summed E-state index contributed by atoms with van der Waals surface area (Å²) in [6.45, 7) is 6.85. The monoisotopic (exact) mass is 361 g/mol. The van der Waals surface area contributed by atoms with Crippen molar-refractivity contribution >= 4 is 0 Å². The summed E-state index contributed by atoms with van der Waals surface area (Å²) in [5, 5.41) is 3.29. The van der Waals surface area contributed by atoms with Crippen molar-refractivity contribution in [2.45, 2.75) is 32.8 Å². The molecule has 2 aromatic rings. The third-order valence-corrected chi connectivity index (χ3v) is 4.62. The Hall–Kier alpha value is -1.98. The summed E-state index contributed by atoms with van der Waals surface area (Å²) in [6.07, 6.45) is 1.08. The zero-order valence-corrected chi connectivity index (χ0v) is 15.3. The van der Waals surface area contributed by atoms with Crippen LogP contribution in [0.25, 0.3) is 0 Å². The van der Waals surface area contributed by atoms with E-state index >= 15 is 0 Å². The Kier molecular flexibility index (Phi) is 6.22. The Morgan fingerprint density at radius 1 is 1.19 bits per heavy atom. The number of nitrogens with one attached hydrogen (secondary N) is 1. The van der Waals surface area contributed by atoms with Gasteiger partial charge < -0.3 is 14.8 Å². The molecule has 0 aromatic heterocycles. The van der Waals surface area contributed by atoms with Gasteiger partial charge in [0.2, 0.25) is 0 Å². The van der Waals surface area contributed by atoms with E-state index in [0.717, 1.165) is 36.2 Å². The van der Waals surface area contributed by atoms with Gasteiger partial charge in [-0.05, 0) is 37.1 Å². The summed E-state index contributed by atoms with van der Waals surface area (Å²) < 4.78 is 39.8. The van der Waals surface area contributed by atoms with Crippen molar-refractivity contribution in [2.24, 2.45) is 0 Å². The summed E-state index contributed by atoms with van der Waals surface area (Å²) in [7, 11) is 0. The highest BCUT2D eigenvalue weighted by Gasteiger charge is 2.17. The molecule has 1 aliphatic heterocycles. The second-order valence-corrected chi connectivity index (χ2v) is 6.78. The summed E-state index contributed by atoms with van der Waals surface area (Å²) >= 11 is 0. The van der Waals surface area contributed by atoms with E-state index in [1.54, 1.807) is 0 Å². The third kappa shape index (κ3) is 4.59. The Bertz CT molecular complexity index is 738. The average molecular weight is 361 g/mol. The average Bonchev–Trinajstić information content (AvgIpc) is 2.61. The fourth-order valence-corrected chi connectivity index (χ4v) is 3.37. The van der Waals surface area contributed by atoms with E-state index in [2.05, 4.69) is 5.32 Å². The Balaban J connectivity index is 1.76. The van der Waals surface area contributed by atoms with Gasteiger partial charge >= 0.3 is 0 Å². The zero-order valence-electron chi connectivity index (χ0n) is 15.3. The highest BCUT2D eigenvalue weighted by Crippen LogP contribution is 2.29. The van der Waals surface area contributed by atoms with E-state index in [9.17, 15) is 8.78 Å². The molecule has 3 rings (SSSR count). The molecule has 0 aliphatic carbocycles. The van der Waals surface area contributed by atoms with Crippen LogP contribution >= 0.6 is 0 Å². The lowest BCUT2D eigenvalue weighted by atomic mass is 9.98. The summed E-state index contributed by atoms with van der Waals surface area (Å²) in [5.74, 6) is -0.351. The first kappa shape index (κ1) is 18.8. The van der Waals surface area contributed by atoms with Gasteiger partial charge in [-0.15, -0.1) is 0 Å². The predicted octanol–water partition coefficient (Wildman–Crippen LogP) is 3.93. The van der Waals surface area contributed by atoms with Gasteiger partial charge in [-0.2, -0.15) is 0 Å². The number of ether oxygens (including phenoxy) is 2. The fourth-order valence-electron chi connectivity index (χ4n) is 3.37. The number of morpholine rings is 1. The topological polar surface area (TPSA) is 30.5 Å². The van der Waals surface area contributed by atoms with Crippen LogP contribution in [0.5, 0.6) is 5.75 Å². The van der Waals surface area contributed by atoms with Gasteiger partial charge in [-0.1, -0.05) is 23.8 Å². The summed E-state index contributed by atoms with van der Waals surface area (Å²) in [4.78, 5) is 0. The first-order chi connectivity index (χ1) is 12.5. The molecule has 5 heteroatoms. The number of benzene rings is 2. The molecule has 1 N–H and O–H groups in total. The fraction of sp³-hybridized carbons (Fsp3) is 0.429. The molecule has 1 aliphatic rings. The van der Waals surface area contributed by atoms with E-state index in [4.69, 9.17) is 9.47 Å². The van der Waals surface area contributed by atoms with Crippen LogP contribution < -0.4 is 10.1 Å². The summed E-state index contributed by atoms with van der Waals surface area (Å²) in [6, 6.07) is 7.91. The van der Waals surface area contributed by atoms with Gasteiger partial charge in [0.15, 0.2) is 0 Å². The molecule has 1 heterocycles. The van der Waals surface area contributed by atoms with Gasteiger partial charge in [0.25, 0.3) is 0 Å². The zero-order chi connectivity index (χ0) is 18.5. The first-order valence-corrected chi connectivity index (χ1v) is 9.02. The minimum Gasteiger partial charge on any atom is -0.493 e. The molecule has 140 valence electrons. The van der Waals surface area contributed by atoms with Gasteiger partial charge in [0.05, 0.1) is 19.3 Å². The highest BCUT2D eigenvalue weighted by atomic mass is 19.1. The molecule has 3 nitrogen and oxygen atoms in total. The van der Waals surface area contributed by atoms with Crippen LogP contribution in [0.1, 0.15) is 28.7 Å². The van der Waals surface area contributed by atoms with Crippen LogP contribution in [-0.2, 0) is 11.2 Å². The van der Waals surface area contributed by atoms with Crippen molar-refractivity contribution in [3.8, 4) is 5.75 Å². The largest absolute Gasteiger partial charge is 0.493 e. The maximum Gasteiger partial charge on any atom is 0.129 e. The van der Waals surface area contributed by atoms with Crippen LogP contribution in [0.15, 0.2) is 30.3 Å². The molecule has 0 radical (unpaired) electrons. The molecule has 0 spiro atoms. The molecule has 26 heavy (non-hydrogen) atoms. The molecule has 1 saturated heterocycles. The number of aryl methyl sites for hydroxylation is 2. The molecule has 1 fully saturated rings. The molecular formula is C21H25F2NO2. The minimum atomic E-state index is -0.531. The standard InChI is InChI=1S/C21H25F2NO2/c1-14-10-15(2)21(26-8-6-17-13-24-7-9-25-17)16(11-14)12-18-19(22)4-3-5-20(18)23/h3-5,10-11,17,24H,6-9,12-13H2,1-2H3. The molecule has 1 atom stereocenters. The Morgan fingerprint density at radius 3 is 2.65 bits per heavy atom. The van der Waals surface area contributed by atoms with Crippen LogP contribution in [0.3, 0.4) is 0 Å². The van der Waals surface area contributed by atoms with Gasteiger partial charge in [-0.3, -0.25) is 0 Å². The van der Waals surface area contributed by atoms with Crippen molar-refractivity contribution in [2.75, 3.05) is 26.3 Å². The van der Waals surface area contributed by atoms with Crippen molar-refractivity contribution in [3.05, 3.63) is 64.2 Å². The lowest BCUT2D eigenvalue weighted by Crippen LogP contribution is -2.39. The maximum absolute atomic E-state index is 14.1. The molecule has 0 amide bonds. The molecule has 0 bridgehead atoms. The lowest BCUT2D eigenvalue weighted by molar-refractivity contribution is 0.0158. The van der Waals surface area contributed by atoms with E-state index in [1.165, 1.54) is 18.2 Å². The van der Waals surface area contributed by atoms with Crippen LogP contribution in [0, 0.1) is 25.5 Å². The third-order valence-electron chi connectivity index (χ3n) is 4.62. The first-order valence-electron chi connectivity index (χ1n) is 9.02. The SMILES string of the molecule is Cc1cc(C)c(OCCC2CNCCO2)c(Cc2c(F)cccc2F)c1. The van der Waals surface area contributed by atoms with Crippen LogP contribution in [0.2, 0.25) is 0 Å². The molecular weight excluding hydrogens is 336 g/mol. The number of rotatable bonds is 6. The summed E-state index contributed by atoms with van der Waals surface area (Å²) in [5.41, 5.74) is 2.89. The van der Waals surface area contributed by atoms with Crippen LogP contribution in [-0.4, -0.2) is 32.4 Å². The van der Waals surface area contributed by atoms with Crippen LogP contribution in [0.4, 0.5) is 8.78 Å². The quantitative estimate of drug-likeness (QED) is 0.846. The van der Waals surface area contributed by atoms with Crippen molar-refractivity contribution in [3.63, 3.8) is 0 Å². The van der Waals surface area contributed by atoms with E-state index < -0.39 is 11.6 Å². The van der Waals surface area contributed by atoms with Crippen molar-refractivity contribution in [1.29, 1.82) is 0 Å². The van der Waals surface area contributed by atoms with E-state index in [0.29, 0.717) is 19.0 Å². The second-order valence-electron chi connectivity index (χ2n) is 6.78. The minimum absolute atomic E-state index is 0.0714. The number of hydrogen-bond acceptors (Lipinski definition) is 3. The normalized spacial score (nSPS) is 17.3. The van der Waals surface area contributed by atoms with Gasteiger partial charge in [-0.25, -0.2) is 8.78 Å². The molecule has 0 saturated carbocycles. The number of halogens is 2. The highest BCUT2D eigenvalue weighted by molar-refractivity contribution is 5.46. The Labute approximate surface area is 153 Å². The molecule has 2 aromatic carbocycles. The van der Waals surface area contributed by atoms with E-state index in [-0.39, 0.29) is 18.1 Å². The van der Waals surface area contributed by atoms with E-state index in [1.807, 2.05) is 26.0 Å².